The van der Waals surface area contributed by atoms with Gasteiger partial charge in [0.15, 0.2) is 0 Å². The molecular formula is C15H12ClN3O. The van der Waals surface area contributed by atoms with Crippen LogP contribution in [-0.2, 0) is 0 Å². The number of carbonyl (C=O) groups excluding carboxylic acids is 1. The summed E-state index contributed by atoms with van der Waals surface area (Å²) in [7, 11) is 0. The van der Waals surface area contributed by atoms with Crippen LogP contribution < -0.4 is 5.32 Å². The second kappa shape index (κ2) is 4.98. The van der Waals surface area contributed by atoms with Crippen molar-refractivity contribution < 1.29 is 4.79 Å². The molecule has 5 heteroatoms. The highest BCUT2D eigenvalue weighted by atomic mass is 35.5. The molecule has 0 fully saturated rings. The number of fused-ring (bicyclic) bond motifs is 1. The molecule has 0 saturated heterocycles. The van der Waals surface area contributed by atoms with Crippen LogP contribution in [0.15, 0.2) is 48.5 Å². The fourth-order valence-electron chi connectivity index (χ4n) is 2.12. The summed E-state index contributed by atoms with van der Waals surface area (Å²) >= 11 is 5.82. The summed E-state index contributed by atoms with van der Waals surface area (Å²) in [6.07, 6.45) is 0. The van der Waals surface area contributed by atoms with Crippen molar-refractivity contribution in [3.8, 4) is 0 Å². The summed E-state index contributed by atoms with van der Waals surface area (Å²) in [5.74, 6) is 0.651. The molecule has 0 aliphatic carbocycles. The number of para-hydroxylation sites is 2. The van der Waals surface area contributed by atoms with Gasteiger partial charge in [-0.1, -0.05) is 23.7 Å². The molecule has 1 amide bonds. The third-order valence-corrected chi connectivity index (χ3v) is 3.28. The Kier molecular flexibility index (Phi) is 3.16. The Bertz CT molecular complexity index is 777. The van der Waals surface area contributed by atoms with Crippen molar-refractivity contribution >= 4 is 34.4 Å². The molecule has 0 bridgehead atoms. The van der Waals surface area contributed by atoms with Gasteiger partial charge in [0.25, 0.3) is 0 Å². The van der Waals surface area contributed by atoms with Crippen molar-refractivity contribution in [2.45, 2.75) is 6.92 Å². The fraction of sp³-hybridized carbons (Fsp3) is 0.0667. The van der Waals surface area contributed by atoms with Gasteiger partial charge in [-0.05, 0) is 43.3 Å². The zero-order valence-corrected chi connectivity index (χ0v) is 11.6. The SMILES string of the molecule is Cc1nc2ccccc2n1C(=O)Nc1ccc(Cl)cc1. The lowest BCUT2D eigenvalue weighted by atomic mass is 10.3. The molecule has 1 aromatic heterocycles. The number of rotatable bonds is 1. The number of nitrogens with one attached hydrogen (secondary N) is 1. The number of aromatic nitrogens is 2. The summed E-state index contributed by atoms with van der Waals surface area (Å²) in [6.45, 7) is 1.81. The number of benzene rings is 2. The number of hydrogen-bond donors (Lipinski definition) is 1. The van der Waals surface area contributed by atoms with E-state index in [1.165, 1.54) is 0 Å². The molecule has 3 aromatic rings. The van der Waals surface area contributed by atoms with Crippen LogP contribution in [-0.4, -0.2) is 15.6 Å². The lowest BCUT2D eigenvalue weighted by Crippen LogP contribution is -2.20. The predicted molar refractivity (Wildman–Crippen MR) is 80.3 cm³/mol. The van der Waals surface area contributed by atoms with Crippen LogP contribution in [0, 0.1) is 6.92 Å². The minimum Gasteiger partial charge on any atom is -0.307 e. The van der Waals surface area contributed by atoms with Crippen LogP contribution in [0.4, 0.5) is 10.5 Å². The Morgan fingerprint density at radius 3 is 2.60 bits per heavy atom. The highest BCUT2D eigenvalue weighted by Gasteiger charge is 2.13. The Hall–Kier alpha value is -2.33. The first-order valence-corrected chi connectivity index (χ1v) is 6.54. The highest BCUT2D eigenvalue weighted by molar-refractivity contribution is 6.30. The largest absolute Gasteiger partial charge is 0.331 e. The summed E-state index contributed by atoms with van der Waals surface area (Å²) in [4.78, 5) is 16.7. The average molecular weight is 286 g/mol. The van der Waals surface area contributed by atoms with Gasteiger partial charge in [0.2, 0.25) is 0 Å². The quantitative estimate of drug-likeness (QED) is 0.732. The van der Waals surface area contributed by atoms with E-state index in [2.05, 4.69) is 10.3 Å². The molecule has 0 atom stereocenters. The van der Waals surface area contributed by atoms with Crippen LogP contribution in [0.3, 0.4) is 0 Å². The van der Waals surface area contributed by atoms with E-state index in [4.69, 9.17) is 11.6 Å². The lowest BCUT2D eigenvalue weighted by Gasteiger charge is -2.08. The third kappa shape index (κ3) is 2.26. The number of halogens is 1. The van der Waals surface area contributed by atoms with E-state index in [1.54, 1.807) is 35.8 Å². The van der Waals surface area contributed by atoms with E-state index in [9.17, 15) is 4.79 Å². The molecule has 1 N–H and O–H groups in total. The van der Waals surface area contributed by atoms with E-state index in [0.29, 0.717) is 16.5 Å². The van der Waals surface area contributed by atoms with Crippen molar-refractivity contribution in [2.75, 3.05) is 5.32 Å². The maximum absolute atomic E-state index is 12.4. The fourth-order valence-corrected chi connectivity index (χ4v) is 2.24. The number of nitrogens with zero attached hydrogens (tertiary/aromatic N) is 2. The number of carbonyl (C=O) groups is 1. The van der Waals surface area contributed by atoms with Crippen molar-refractivity contribution in [1.29, 1.82) is 0 Å². The monoisotopic (exact) mass is 285 g/mol. The maximum atomic E-state index is 12.4. The normalized spacial score (nSPS) is 10.7. The maximum Gasteiger partial charge on any atom is 0.331 e. The first-order chi connectivity index (χ1) is 9.65. The van der Waals surface area contributed by atoms with E-state index in [-0.39, 0.29) is 6.03 Å². The summed E-state index contributed by atoms with van der Waals surface area (Å²) in [5, 5.41) is 3.46. The van der Waals surface area contributed by atoms with E-state index in [0.717, 1.165) is 11.0 Å². The minimum absolute atomic E-state index is 0.237. The molecule has 4 nitrogen and oxygen atoms in total. The Morgan fingerprint density at radius 1 is 1.15 bits per heavy atom. The van der Waals surface area contributed by atoms with Gasteiger partial charge in [-0.25, -0.2) is 14.3 Å². The van der Waals surface area contributed by atoms with Gasteiger partial charge in [-0.15, -0.1) is 0 Å². The standard InChI is InChI=1S/C15H12ClN3O/c1-10-17-13-4-2-3-5-14(13)19(10)15(20)18-12-8-6-11(16)7-9-12/h2-9H,1H3,(H,18,20). The lowest BCUT2D eigenvalue weighted by molar-refractivity contribution is 0.253. The van der Waals surface area contributed by atoms with Crippen LogP contribution in [0.25, 0.3) is 11.0 Å². The average Bonchev–Trinajstić information content (AvgIpc) is 2.77. The molecular weight excluding hydrogens is 274 g/mol. The van der Waals surface area contributed by atoms with Gasteiger partial charge in [0.05, 0.1) is 11.0 Å². The zero-order chi connectivity index (χ0) is 14.1. The van der Waals surface area contributed by atoms with Gasteiger partial charge in [0, 0.05) is 10.7 Å². The van der Waals surface area contributed by atoms with Gasteiger partial charge < -0.3 is 5.32 Å². The van der Waals surface area contributed by atoms with Gasteiger partial charge in [-0.3, -0.25) is 0 Å². The summed E-state index contributed by atoms with van der Waals surface area (Å²) < 4.78 is 1.56. The molecule has 1 heterocycles. The van der Waals surface area contributed by atoms with Crippen LogP contribution in [0.1, 0.15) is 5.82 Å². The second-order valence-corrected chi connectivity index (χ2v) is 4.86. The molecule has 3 rings (SSSR count). The van der Waals surface area contributed by atoms with Crippen LogP contribution in [0.5, 0.6) is 0 Å². The number of hydrogen-bond acceptors (Lipinski definition) is 2. The van der Waals surface area contributed by atoms with Crippen molar-refractivity contribution in [2.24, 2.45) is 0 Å². The molecule has 0 unspecified atom stereocenters. The van der Waals surface area contributed by atoms with E-state index >= 15 is 0 Å². The second-order valence-electron chi connectivity index (χ2n) is 4.42. The first-order valence-electron chi connectivity index (χ1n) is 6.16. The Labute approximate surface area is 121 Å². The number of amides is 1. The predicted octanol–water partition coefficient (Wildman–Crippen LogP) is 4.08. The van der Waals surface area contributed by atoms with E-state index < -0.39 is 0 Å². The topological polar surface area (TPSA) is 46.9 Å². The molecule has 0 radical (unpaired) electrons. The van der Waals surface area contributed by atoms with Crippen molar-refractivity contribution in [1.82, 2.24) is 9.55 Å². The van der Waals surface area contributed by atoms with Crippen LogP contribution >= 0.6 is 11.6 Å². The number of anilines is 1. The summed E-state index contributed by atoms with van der Waals surface area (Å²) in [6, 6.07) is 14.3. The van der Waals surface area contributed by atoms with Crippen molar-refractivity contribution in [3.63, 3.8) is 0 Å². The molecule has 0 aliphatic rings. The van der Waals surface area contributed by atoms with E-state index in [1.807, 2.05) is 24.3 Å². The third-order valence-electron chi connectivity index (χ3n) is 3.03. The molecule has 0 aliphatic heterocycles. The van der Waals surface area contributed by atoms with Crippen molar-refractivity contribution in [3.05, 3.63) is 59.4 Å². The summed E-state index contributed by atoms with van der Waals surface area (Å²) in [5.41, 5.74) is 2.28. The Balaban J connectivity index is 1.96. The van der Waals surface area contributed by atoms with Gasteiger partial charge >= 0.3 is 6.03 Å². The first kappa shape index (κ1) is 12.7. The molecule has 20 heavy (non-hydrogen) atoms. The molecule has 100 valence electrons. The minimum atomic E-state index is -0.237. The molecule has 0 saturated carbocycles. The highest BCUT2D eigenvalue weighted by Crippen LogP contribution is 2.17. The number of imidazole rings is 1. The van der Waals surface area contributed by atoms with Gasteiger partial charge in [0.1, 0.15) is 5.82 Å². The smallest absolute Gasteiger partial charge is 0.307 e. The van der Waals surface area contributed by atoms with Crippen LogP contribution in [0.2, 0.25) is 5.02 Å². The Morgan fingerprint density at radius 2 is 1.85 bits per heavy atom. The van der Waals surface area contributed by atoms with Gasteiger partial charge in [-0.2, -0.15) is 0 Å². The number of aryl methyl sites for hydroxylation is 1. The molecule has 2 aromatic carbocycles. The zero-order valence-electron chi connectivity index (χ0n) is 10.8. The molecule has 0 spiro atoms.